The molecule has 2 N–H and O–H groups in total. The molecule has 1 amide bonds. The highest BCUT2D eigenvalue weighted by molar-refractivity contribution is 9.13. The van der Waals surface area contributed by atoms with Gasteiger partial charge in [-0.05, 0) is 72.8 Å². The Hall–Kier alpha value is -0.400. The maximum atomic E-state index is 11.7. The van der Waals surface area contributed by atoms with Gasteiger partial charge >= 0.3 is 0 Å². The summed E-state index contributed by atoms with van der Waals surface area (Å²) in [5, 5.41) is 7.09. The summed E-state index contributed by atoms with van der Waals surface area (Å²) in [5.74, 6) is 0.135. The van der Waals surface area contributed by atoms with E-state index in [2.05, 4.69) is 63.6 Å². The van der Waals surface area contributed by atoms with E-state index in [0.717, 1.165) is 24.8 Å². The van der Waals surface area contributed by atoms with Crippen LogP contribution in [0.3, 0.4) is 0 Å². The molecule has 0 aliphatic heterocycles. The Labute approximate surface area is 144 Å². The molecule has 7 heteroatoms. The van der Waals surface area contributed by atoms with E-state index >= 15 is 0 Å². The fourth-order valence-electron chi connectivity index (χ4n) is 1.15. The molecule has 0 fully saturated rings. The van der Waals surface area contributed by atoms with E-state index in [1.54, 1.807) is 0 Å². The number of carbonyl (C=O) groups excluding carboxylic acids is 1. The van der Waals surface area contributed by atoms with Crippen LogP contribution in [0.5, 0.6) is 0 Å². The molecule has 0 saturated carbocycles. The quantitative estimate of drug-likeness (QED) is 0.378. The van der Waals surface area contributed by atoms with Gasteiger partial charge in [-0.1, -0.05) is 13.8 Å². The molecule has 0 aliphatic carbocycles. The van der Waals surface area contributed by atoms with Crippen molar-refractivity contribution in [2.75, 3.05) is 11.9 Å². The highest BCUT2D eigenvalue weighted by Crippen LogP contribution is 2.32. The second-order valence-corrected chi connectivity index (χ2v) is 7.11. The molecule has 0 aromatic heterocycles. The number of rotatable bonds is 5. The molecule has 1 rings (SSSR count). The average Bonchev–Trinajstić information content (AvgIpc) is 2.38. The van der Waals surface area contributed by atoms with E-state index in [1.165, 1.54) is 0 Å². The summed E-state index contributed by atoms with van der Waals surface area (Å²) in [6.45, 7) is 6.10. The lowest BCUT2D eigenvalue weighted by molar-refractivity contribution is -0.119. The van der Waals surface area contributed by atoms with Gasteiger partial charge in [0, 0.05) is 19.1 Å². The number of nitrogens with zero attached hydrogens (tertiary/aromatic N) is 1. The van der Waals surface area contributed by atoms with Crippen LogP contribution in [0.15, 0.2) is 30.7 Å². The molecule has 0 unspecified atom stereocenters. The summed E-state index contributed by atoms with van der Waals surface area (Å²) in [7, 11) is 0. The topological polar surface area (TPSA) is 53.5 Å². The van der Waals surface area contributed by atoms with E-state index in [9.17, 15) is 4.79 Å². The first-order valence-corrected chi connectivity index (χ1v) is 8.40. The Bertz CT molecular complexity index is 530. The SMILES string of the molecule is C/C(=N\NC(=O)CNc1cc(Br)c(Br)cc1Br)C(C)C. The number of nitrogens with one attached hydrogen (secondary N) is 2. The molecule has 0 heterocycles. The molecule has 20 heavy (non-hydrogen) atoms. The third-order valence-electron chi connectivity index (χ3n) is 2.64. The van der Waals surface area contributed by atoms with Gasteiger partial charge in [-0.2, -0.15) is 5.10 Å². The maximum absolute atomic E-state index is 11.7. The van der Waals surface area contributed by atoms with Crippen molar-refractivity contribution >= 4 is 65.1 Å². The molecule has 0 aliphatic rings. The zero-order valence-electron chi connectivity index (χ0n) is 11.4. The molecule has 110 valence electrons. The Morgan fingerprint density at radius 3 is 2.40 bits per heavy atom. The van der Waals surface area contributed by atoms with Crippen LogP contribution in [0, 0.1) is 5.92 Å². The van der Waals surface area contributed by atoms with E-state index in [1.807, 2.05) is 32.9 Å². The minimum absolute atomic E-state index is 0.154. The number of carbonyl (C=O) groups is 1. The monoisotopic (exact) mass is 467 g/mol. The number of hydrazone groups is 1. The van der Waals surface area contributed by atoms with Crippen LogP contribution in [-0.2, 0) is 4.79 Å². The van der Waals surface area contributed by atoms with Crippen molar-refractivity contribution in [1.82, 2.24) is 5.43 Å². The van der Waals surface area contributed by atoms with Gasteiger partial charge < -0.3 is 5.32 Å². The summed E-state index contributed by atoms with van der Waals surface area (Å²) >= 11 is 10.3. The van der Waals surface area contributed by atoms with Crippen LogP contribution in [0.2, 0.25) is 0 Å². The number of hydrogen-bond acceptors (Lipinski definition) is 3. The van der Waals surface area contributed by atoms with Crippen molar-refractivity contribution < 1.29 is 4.79 Å². The lowest BCUT2D eigenvalue weighted by Crippen LogP contribution is -2.27. The third-order valence-corrected chi connectivity index (χ3v) is 5.14. The van der Waals surface area contributed by atoms with Crippen LogP contribution < -0.4 is 10.7 Å². The van der Waals surface area contributed by atoms with Crippen LogP contribution in [0.4, 0.5) is 5.69 Å². The minimum Gasteiger partial charge on any atom is -0.375 e. The Kier molecular flexibility index (Phi) is 7.19. The number of halogens is 3. The Morgan fingerprint density at radius 2 is 1.80 bits per heavy atom. The Morgan fingerprint density at radius 1 is 1.20 bits per heavy atom. The van der Waals surface area contributed by atoms with Crippen molar-refractivity contribution in [3.63, 3.8) is 0 Å². The van der Waals surface area contributed by atoms with Crippen LogP contribution in [0.25, 0.3) is 0 Å². The highest BCUT2D eigenvalue weighted by atomic mass is 79.9. The molecule has 1 aromatic rings. The zero-order valence-corrected chi connectivity index (χ0v) is 16.2. The predicted octanol–water partition coefficient (Wildman–Crippen LogP) is 4.53. The second kappa shape index (κ2) is 8.14. The molecular weight excluding hydrogens is 454 g/mol. The van der Waals surface area contributed by atoms with Gasteiger partial charge in [0.2, 0.25) is 0 Å². The standard InChI is InChI=1S/C13H16Br3N3O/c1-7(2)8(3)18-19-13(20)6-17-12-5-10(15)9(14)4-11(12)16/h4-5,7,17H,6H2,1-3H3,(H,19,20)/b18-8+. The third kappa shape index (κ3) is 5.54. The molecule has 1 aromatic carbocycles. The number of benzene rings is 1. The van der Waals surface area contributed by atoms with Crippen molar-refractivity contribution in [2.24, 2.45) is 11.0 Å². The minimum atomic E-state index is -0.184. The molecular formula is C13H16Br3N3O. The normalized spacial score (nSPS) is 11.7. The zero-order chi connectivity index (χ0) is 15.3. The largest absolute Gasteiger partial charge is 0.375 e. The van der Waals surface area contributed by atoms with Crippen molar-refractivity contribution in [1.29, 1.82) is 0 Å². The Balaban J connectivity index is 2.58. The van der Waals surface area contributed by atoms with Crippen LogP contribution in [0.1, 0.15) is 20.8 Å². The first-order valence-electron chi connectivity index (χ1n) is 6.02. The summed E-state index contributed by atoms with van der Waals surface area (Å²) < 4.78 is 2.73. The maximum Gasteiger partial charge on any atom is 0.259 e. The number of anilines is 1. The molecule has 0 atom stereocenters. The smallest absolute Gasteiger partial charge is 0.259 e. The van der Waals surface area contributed by atoms with Crippen molar-refractivity contribution in [3.8, 4) is 0 Å². The van der Waals surface area contributed by atoms with E-state index in [-0.39, 0.29) is 12.5 Å². The average molecular weight is 470 g/mol. The first-order chi connectivity index (χ1) is 9.31. The van der Waals surface area contributed by atoms with Crippen LogP contribution in [-0.4, -0.2) is 18.2 Å². The van der Waals surface area contributed by atoms with Crippen molar-refractivity contribution in [2.45, 2.75) is 20.8 Å². The highest BCUT2D eigenvalue weighted by Gasteiger charge is 2.07. The van der Waals surface area contributed by atoms with Crippen molar-refractivity contribution in [3.05, 3.63) is 25.6 Å². The second-order valence-electron chi connectivity index (χ2n) is 4.54. The van der Waals surface area contributed by atoms with E-state index < -0.39 is 0 Å². The van der Waals surface area contributed by atoms with Gasteiger partial charge in [0.1, 0.15) is 0 Å². The molecule has 0 saturated heterocycles. The number of amides is 1. The summed E-state index contributed by atoms with van der Waals surface area (Å²) in [6.07, 6.45) is 0. The van der Waals surface area contributed by atoms with Gasteiger partial charge in [-0.15, -0.1) is 0 Å². The lowest BCUT2D eigenvalue weighted by Gasteiger charge is -2.10. The summed E-state index contributed by atoms with van der Waals surface area (Å²) in [6, 6.07) is 3.80. The molecule has 0 radical (unpaired) electrons. The van der Waals surface area contributed by atoms with E-state index in [4.69, 9.17) is 0 Å². The summed E-state index contributed by atoms with van der Waals surface area (Å²) in [5.41, 5.74) is 4.26. The molecule has 0 spiro atoms. The lowest BCUT2D eigenvalue weighted by atomic mass is 10.1. The van der Waals surface area contributed by atoms with Gasteiger partial charge in [-0.3, -0.25) is 4.79 Å². The summed E-state index contributed by atoms with van der Waals surface area (Å²) in [4.78, 5) is 11.7. The first kappa shape index (κ1) is 17.7. The predicted molar refractivity (Wildman–Crippen MR) is 94.1 cm³/mol. The molecule has 0 bridgehead atoms. The van der Waals surface area contributed by atoms with Gasteiger partial charge in [0.25, 0.3) is 5.91 Å². The van der Waals surface area contributed by atoms with Gasteiger partial charge in [0.15, 0.2) is 0 Å². The fourth-order valence-corrected chi connectivity index (χ4v) is 2.63. The van der Waals surface area contributed by atoms with Gasteiger partial charge in [0.05, 0.1) is 12.2 Å². The fraction of sp³-hybridized carbons (Fsp3) is 0.385. The van der Waals surface area contributed by atoms with Gasteiger partial charge in [-0.25, -0.2) is 5.43 Å². The molecule has 4 nitrogen and oxygen atoms in total. The van der Waals surface area contributed by atoms with E-state index in [0.29, 0.717) is 5.92 Å². The number of hydrogen-bond donors (Lipinski definition) is 2. The van der Waals surface area contributed by atoms with Crippen LogP contribution >= 0.6 is 47.8 Å².